The number of nitrogens with zero attached hydrogens (tertiary/aromatic N) is 4. The molecule has 0 aliphatic heterocycles. The molecular formula is C16H19BrFN5O3. The maximum atomic E-state index is 13.1. The van der Waals surface area contributed by atoms with Crippen molar-refractivity contribution in [3.63, 3.8) is 0 Å². The number of hydrogen-bond donors (Lipinski definition) is 1. The molecule has 10 heteroatoms. The zero-order valence-corrected chi connectivity index (χ0v) is 16.2. The van der Waals surface area contributed by atoms with Crippen molar-refractivity contribution in [1.82, 2.24) is 24.6 Å². The van der Waals surface area contributed by atoms with Gasteiger partial charge in [-0.2, -0.15) is 5.10 Å². The van der Waals surface area contributed by atoms with Crippen LogP contribution in [0.1, 0.15) is 20.8 Å². The van der Waals surface area contributed by atoms with Crippen molar-refractivity contribution < 1.29 is 13.9 Å². The molecule has 1 amide bonds. The first-order valence-electron chi connectivity index (χ1n) is 7.72. The molecule has 0 saturated heterocycles. The van der Waals surface area contributed by atoms with Gasteiger partial charge in [-0.05, 0) is 54.4 Å². The molecule has 0 fully saturated rings. The number of rotatable bonds is 5. The van der Waals surface area contributed by atoms with Gasteiger partial charge in [0.1, 0.15) is 22.3 Å². The van der Waals surface area contributed by atoms with Gasteiger partial charge in [0, 0.05) is 6.54 Å². The molecule has 2 aromatic rings. The third-order valence-electron chi connectivity index (χ3n) is 3.05. The normalized spacial score (nSPS) is 12.1. The molecule has 1 N–H and O–H groups in total. The summed E-state index contributed by atoms with van der Waals surface area (Å²) < 4.78 is 21.1. The van der Waals surface area contributed by atoms with Crippen LogP contribution < -0.4 is 11.0 Å². The van der Waals surface area contributed by atoms with Crippen molar-refractivity contribution in [2.45, 2.75) is 32.9 Å². The second kappa shape index (κ2) is 8.26. The minimum atomic E-state index is -0.673. The highest BCUT2D eigenvalue weighted by atomic mass is 79.9. The quantitative estimate of drug-likeness (QED) is 0.740. The Morgan fingerprint density at radius 1 is 1.42 bits per heavy atom. The molecule has 0 radical (unpaired) electrons. The van der Waals surface area contributed by atoms with E-state index in [2.05, 4.69) is 31.3 Å². The van der Waals surface area contributed by atoms with Gasteiger partial charge in [0.25, 0.3) is 0 Å². The highest BCUT2D eigenvalue weighted by Gasteiger charge is 2.16. The number of ether oxygens (including phenoxy) is 1. The molecule has 0 saturated carbocycles. The molecule has 0 aliphatic carbocycles. The maximum Gasteiger partial charge on any atom is 0.407 e. The Bertz CT molecular complexity index is 869. The van der Waals surface area contributed by atoms with E-state index in [1.807, 2.05) is 0 Å². The minimum absolute atomic E-state index is 0.111. The van der Waals surface area contributed by atoms with Crippen molar-refractivity contribution in [2.24, 2.45) is 0 Å². The molecule has 8 nitrogen and oxygen atoms in total. The predicted octanol–water partition coefficient (Wildman–Crippen LogP) is 2.57. The molecular weight excluding hydrogens is 409 g/mol. The van der Waals surface area contributed by atoms with Gasteiger partial charge in [0.05, 0.1) is 12.9 Å². The summed E-state index contributed by atoms with van der Waals surface area (Å²) in [6, 6.07) is 5.10. The fourth-order valence-electron chi connectivity index (χ4n) is 1.96. The number of aromatic nitrogens is 4. The van der Waals surface area contributed by atoms with Crippen LogP contribution in [-0.4, -0.2) is 37.6 Å². The topological polar surface area (TPSA) is 91.0 Å². The van der Waals surface area contributed by atoms with Gasteiger partial charge in [-0.3, -0.25) is 0 Å². The lowest BCUT2D eigenvalue weighted by Crippen LogP contribution is -2.34. The smallest absolute Gasteiger partial charge is 0.407 e. The standard InChI is InChI=1S/C16H19BrFN5O3/c1-16(2,3)26-14(24)19-8-11(7-18)9-23-15(25)22(10-20-23)13-6-4-5-12(17)21-13/h4-7,10H,8-9H2,1-3H3,(H,19,24)/b11-7+. The third kappa shape index (κ3) is 5.51. The van der Waals surface area contributed by atoms with Crippen LogP contribution in [-0.2, 0) is 11.3 Å². The highest BCUT2D eigenvalue weighted by molar-refractivity contribution is 9.10. The Morgan fingerprint density at radius 2 is 2.15 bits per heavy atom. The number of hydrogen-bond acceptors (Lipinski definition) is 5. The Labute approximate surface area is 157 Å². The van der Waals surface area contributed by atoms with Crippen LogP contribution in [0.5, 0.6) is 0 Å². The molecule has 0 bridgehead atoms. The van der Waals surface area contributed by atoms with E-state index in [1.165, 1.54) is 10.9 Å². The molecule has 2 heterocycles. The largest absolute Gasteiger partial charge is 0.444 e. The van der Waals surface area contributed by atoms with E-state index < -0.39 is 17.4 Å². The predicted molar refractivity (Wildman–Crippen MR) is 96.7 cm³/mol. The summed E-state index contributed by atoms with van der Waals surface area (Å²) in [4.78, 5) is 28.2. The number of pyridine rings is 1. The van der Waals surface area contributed by atoms with Crippen LogP contribution in [0, 0.1) is 0 Å². The van der Waals surface area contributed by atoms with Gasteiger partial charge < -0.3 is 10.1 Å². The van der Waals surface area contributed by atoms with Crippen LogP contribution in [0.2, 0.25) is 0 Å². The lowest BCUT2D eigenvalue weighted by Gasteiger charge is -2.19. The Balaban J connectivity index is 2.06. The monoisotopic (exact) mass is 427 g/mol. The zero-order valence-electron chi connectivity index (χ0n) is 14.6. The van der Waals surface area contributed by atoms with E-state index in [9.17, 15) is 14.0 Å². The fraction of sp³-hybridized carbons (Fsp3) is 0.375. The molecule has 26 heavy (non-hydrogen) atoms. The van der Waals surface area contributed by atoms with E-state index in [1.54, 1.807) is 39.0 Å². The van der Waals surface area contributed by atoms with Gasteiger partial charge in [-0.25, -0.2) is 28.2 Å². The lowest BCUT2D eigenvalue weighted by atomic mass is 10.2. The zero-order chi connectivity index (χ0) is 19.3. The van der Waals surface area contributed by atoms with E-state index in [0.717, 1.165) is 4.68 Å². The number of alkyl carbamates (subject to hydrolysis) is 1. The molecule has 0 unspecified atom stereocenters. The first-order chi connectivity index (χ1) is 12.2. The summed E-state index contributed by atoms with van der Waals surface area (Å²) in [5.41, 5.74) is -0.978. The molecule has 0 aromatic carbocycles. The van der Waals surface area contributed by atoms with Gasteiger partial charge in [-0.1, -0.05) is 6.07 Å². The average molecular weight is 428 g/mol. The number of nitrogens with one attached hydrogen (secondary N) is 1. The summed E-state index contributed by atoms with van der Waals surface area (Å²) in [5, 5.41) is 6.39. The summed E-state index contributed by atoms with van der Waals surface area (Å²) in [6.07, 6.45) is 0.960. The SMILES string of the molecule is CC(C)(C)OC(=O)NC/C(=C\F)Cn1ncn(-c2cccc(Br)n2)c1=O. The van der Waals surface area contributed by atoms with Crippen molar-refractivity contribution in [2.75, 3.05) is 6.54 Å². The second-order valence-corrected chi connectivity index (χ2v) is 7.19. The van der Waals surface area contributed by atoms with Gasteiger partial charge in [0.15, 0.2) is 0 Å². The number of halogens is 2. The van der Waals surface area contributed by atoms with Crippen LogP contribution in [0.3, 0.4) is 0 Å². The first kappa shape index (κ1) is 19.8. The van der Waals surface area contributed by atoms with E-state index in [0.29, 0.717) is 16.8 Å². The summed E-state index contributed by atoms with van der Waals surface area (Å²) in [6.45, 7) is 4.94. The molecule has 0 atom stereocenters. The van der Waals surface area contributed by atoms with Crippen LogP contribution in [0.4, 0.5) is 9.18 Å². The lowest BCUT2D eigenvalue weighted by molar-refractivity contribution is 0.0532. The average Bonchev–Trinajstić information content (AvgIpc) is 2.90. The van der Waals surface area contributed by atoms with Crippen LogP contribution in [0.25, 0.3) is 5.82 Å². The fourth-order valence-corrected chi connectivity index (χ4v) is 2.29. The Morgan fingerprint density at radius 3 is 2.77 bits per heavy atom. The second-order valence-electron chi connectivity index (χ2n) is 6.38. The summed E-state index contributed by atoms with van der Waals surface area (Å²) in [5.74, 6) is 0.383. The molecule has 2 rings (SSSR count). The van der Waals surface area contributed by atoms with Crippen molar-refractivity contribution in [3.8, 4) is 5.82 Å². The van der Waals surface area contributed by atoms with Crippen molar-refractivity contribution in [1.29, 1.82) is 0 Å². The number of amides is 1. The number of carbonyl (C=O) groups excluding carboxylic acids is 1. The number of carbonyl (C=O) groups is 1. The molecule has 2 aromatic heterocycles. The summed E-state index contributed by atoms with van der Waals surface area (Å²) >= 11 is 3.23. The van der Waals surface area contributed by atoms with E-state index in [-0.39, 0.29) is 18.7 Å². The highest BCUT2D eigenvalue weighted by Crippen LogP contribution is 2.09. The summed E-state index contributed by atoms with van der Waals surface area (Å²) in [7, 11) is 0. The van der Waals surface area contributed by atoms with Gasteiger partial charge in [0.2, 0.25) is 0 Å². The molecule has 0 aliphatic rings. The minimum Gasteiger partial charge on any atom is -0.444 e. The van der Waals surface area contributed by atoms with E-state index >= 15 is 0 Å². The molecule has 140 valence electrons. The van der Waals surface area contributed by atoms with Crippen molar-refractivity contribution >= 4 is 22.0 Å². The first-order valence-corrected chi connectivity index (χ1v) is 8.51. The van der Waals surface area contributed by atoms with Gasteiger partial charge >= 0.3 is 11.8 Å². The Kier molecular flexibility index (Phi) is 6.30. The van der Waals surface area contributed by atoms with Crippen LogP contribution in [0.15, 0.2) is 45.8 Å². The third-order valence-corrected chi connectivity index (χ3v) is 3.49. The maximum absolute atomic E-state index is 13.1. The Hall–Kier alpha value is -2.49. The molecule has 0 spiro atoms. The van der Waals surface area contributed by atoms with E-state index in [4.69, 9.17) is 4.74 Å². The van der Waals surface area contributed by atoms with Gasteiger partial charge in [-0.15, -0.1) is 0 Å². The van der Waals surface area contributed by atoms with Crippen LogP contribution >= 0.6 is 15.9 Å². The van der Waals surface area contributed by atoms with Crippen molar-refractivity contribution in [3.05, 3.63) is 51.5 Å².